The summed E-state index contributed by atoms with van der Waals surface area (Å²) < 4.78 is 1.08. The molecule has 1 saturated heterocycles. The van der Waals surface area contributed by atoms with Gasteiger partial charge in [-0.05, 0) is 44.5 Å². The fraction of sp³-hybridized carbons (Fsp3) is 0.625. The molecular weight excluding hydrogens is 350 g/mol. The molecule has 2 rings (SSSR count). The fourth-order valence-electron chi connectivity index (χ4n) is 2.95. The van der Waals surface area contributed by atoms with E-state index in [0.717, 1.165) is 35.7 Å². The van der Waals surface area contributed by atoms with Crippen LogP contribution in [0, 0.1) is 0 Å². The summed E-state index contributed by atoms with van der Waals surface area (Å²) in [6.45, 7) is 11.7. The van der Waals surface area contributed by atoms with E-state index in [9.17, 15) is 0 Å². The van der Waals surface area contributed by atoms with Gasteiger partial charge in [0.15, 0.2) is 0 Å². The fourth-order valence-corrected chi connectivity index (χ4v) is 3.64. The lowest BCUT2D eigenvalue weighted by molar-refractivity contribution is 0.0432. The van der Waals surface area contributed by atoms with E-state index in [1.807, 2.05) is 18.2 Å². The van der Waals surface area contributed by atoms with Crippen LogP contribution >= 0.6 is 27.5 Å². The number of benzene rings is 1. The summed E-state index contributed by atoms with van der Waals surface area (Å²) in [5.41, 5.74) is 7.48. The molecule has 0 amide bonds. The molecule has 1 aromatic carbocycles. The van der Waals surface area contributed by atoms with Gasteiger partial charge in [-0.15, -0.1) is 0 Å². The maximum atomic E-state index is 6.15. The Bertz CT molecular complexity index is 479. The summed E-state index contributed by atoms with van der Waals surface area (Å²) in [5, 5.41) is 0.764. The number of hydrogen-bond acceptors (Lipinski definition) is 3. The Kier molecular flexibility index (Phi) is 5.71. The van der Waals surface area contributed by atoms with Gasteiger partial charge in [0.25, 0.3) is 0 Å². The molecular formula is C16H25BrClN3. The minimum absolute atomic E-state index is 0.222. The molecule has 1 aromatic rings. The van der Waals surface area contributed by atoms with E-state index in [0.29, 0.717) is 6.54 Å². The first-order valence-corrected chi connectivity index (χ1v) is 8.64. The SMILES string of the molecule is CC(C)(C)N1CCN(C(CN)c2cc(Cl)ccc2Br)CC1. The predicted octanol–water partition coefficient (Wildman–Crippen LogP) is 3.52. The van der Waals surface area contributed by atoms with Crippen molar-refractivity contribution in [1.29, 1.82) is 0 Å². The summed E-state index contributed by atoms with van der Waals surface area (Å²) in [5.74, 6) is 0. The van der Waals surface area contributed by atoms with Crippen LogP contribution in [0.25, 0.3) is 0 Å². The lowest BCUT2D eigenvalue weighted by Gasteiger charge is -2.44. The van der Waals surface area contributed by atoms with Crippen LogP contribution in [0.5, 0.6) is 0 Å². The van der Waals surface area contributed by atoms with Crippen molar-refractivity contribution in [1.82, 2.24) is 9.80 Å². The zero-order chi connectivity index (χ0) is 15.6. The summed E-state index contributed by atoms with van der Waals surface area (Å²) in [4.78, 5) is 5.00. The van der Waals surface area contributed by atoms with Gasteiger partial charge < -0.3 is 5.73 Å². The van der Waals surface area contributed by atoms with Crippen LogP contribution in [-0.4, -0.2) is 48.1 Å². The Hall–Kier alpha value is -0.130. The normalized spacial score (nSPS) is 19.7. The highest BCUT2D eigenvalue weighted by atomic mass is 79.9. The molecule has 0 spiro atoms. The quantitative estimate of drug-likeness (QED) is 0.878. The van der Waals surface area contributed by atoms with Crippen molar-refractivity contribution in [3.8, 4) is 0 Å². The highest BCUT2D eigenvalue weighted by molar-refractivity contribution is 9.10. The Morgan fingerprint density at radius 3 is 2.38 bits per heavy atom. The molecule has 118 valence electrons. The molecule has 0 saturated carbocycles. The first-order chi connectivity index (χ1) is 9.82. The molecule has 1 heterocycles. The summed E-state index contributed by atoms with van der Waals surface area (Å²) in [6.07, 6.45) is 0. The van der Waals surface area contributed by atoms with E-state index in [4.69, 9.17) is 17.3 Å². The second-order valence-electron chi connectivity index (χ2n) is 6.61. The van der Waals surface area contributed by atoms with Crippen LogP contribution in [0.2, 0.25) is 5.02 Å². The second kappa shape index (κ2) is 6.97. The number of nitrogens with two attached hydrogens (primary N) is 1. The van der Waals surface area contributed by atoms with E-state index in [2.05, 4.69) is 46.5 Å². The standard InChI is InChI=1S/C16H25BrClN3/c1-16(2,3)21-8-6-20(7-9-21)15(11-19)13-10-12(18)4-5-14(13)17/h4-5,10,15H,6-9,11,19H2,1-3H3. The summed E-state index contributed by atoms with van der Waals surface area (Å²) in [7, 11) is 0. The van der Waals surface area contributed by atoms with Gasteiger partial charge >= 0.3 is 0 Å². The number of nitrogens with zero attached hydrogens (tertiary/aromatic N) is 2. The molecule has 1 unspecified atom stereocenters. The Balaban J connectivity index is 2.11. The molecule has 1 atom stereocenters. The van der Waals surface area contributed by atoms with E-state index in [1.54, 1.807) is 0 Å². The zero-order valence-corrected chi connectivity index (χ0v) is 15.4. The van der Waals surface area contributed by atoms with Gasteiger partial charge in [-0.25, -0.2) is 0 Å². The maximum Gasteiger partial charge on any atom is 0.0483 e. The van der Waals surface area contributed by atoms with Crippen LogP contribution < -0.4 is 5.73 Å². The molecule has 5 heteroatoms. The van der Waals surface area contributed by atoms with Gasteiger partial charge in [-0.1, -0.05) is 27.5 Å². The van der Waals surface area contributed by atoms with Crippen LogP contribution in [0.4, 0.5) is 0 Å². The van der Waals surface area contributed by atoms with Crippen molar-refractivity contribution in [2.75, 3.05) is 32.7 Å². The van der Waals surface area contributed by atoms with Gasteiger partial charge in [-0.3, -0.25) is 9.80 Å². The van der Waals surface area contributed by atoms with E-state index >= 15 is 0 Å². The van der Waals surface area contributed by atoms with Gasteiger partial charge in [-0.2, -0.15) is 0 Å². The summed E-state index contributed by atoms with van der Waals surface area (Å²) >= 11 is 9.78. The van der Waals surface area contributed by atoms with Gasteiger partial charge in [0.05, 0.1) is 0 Å². The Morgan fingerprint density at radius 1 is 1.24 bits per heavy atom. The van der Waals surface area contributed by atoms with Crippen molar-refractivity contribution in [3.05, 3.63) is 33.3 Å². The molecule has 3 nitrogen and oxygen atoms in total. The topological polar surface area (TPSA) is 32.5 Å². The minimum Gasteiger partial charge on any atom is -0.329 e. The highest BCUT2D eigenvalue weighted by Gasteiger charge is 2.29. The lowest BCUT2D eigenvalue weighted by atomic mass is 10.0. The highest BCUT2D eigenvalue weighted by Crippen LogP contribution is 2.31. The van der Waals surface area contributed by atoms with Crippen LogP contribution in [0.3, 0.4) is 0 Å². The number of halogens is 2. The van der Waals surface area contributed by atoms with Crippen molar-refractivity contribution in [2.45, 2.75) is 32.4 Å². The lowest BCUT2D eigenvalue weighted by Crippen LogP contribution is -2.54. The van der Waals surface area contributed by atoms with Crippen LogP contribution in [0.15, 0.2) is 22.7 Å². The molecule has 1 fully saturated rings. The molecule has 1 aliphatic heterocycles. The van der Waals surface area contributed by atoms with Crippen LogP contribution in [-0.2, 0) is 0 Å². The third-order valence-corrected chi connectivity index (χ3v) is 5.20. The molecule has 0 aromatic heterocycles. The van der Waals surface area contributed by atoms with Crippen molar-refractivity contribution >= 4 is 27.5 Å². The predicted molar refractivity (Wildman–Crippen MR) is 93.8 cm³/mol. The van der Waals surface area contributed by atoms with Crippen molar-refractivity contribution in [2.24, 2.45) is 5.73 Å². The van der Waals surface area contributed by atoms with E-state index < -0.39 is 0 Å². The Morgan fingerprint density at radius 2 is 1.86 bits per heavy atom. The number of rotatable bonds is 3. The molecule has 1 aliphatic rings. The minimum atomic E-state index is 0.222. The third kappa shape index (κ3) is 4.20. The average Bonchev–Trinajstić information content (AvgIpc) is 2.43. The van der Waals surface area contributed by atoms with Gasteiger partial charge in [0.2, 0.25) is 0 Å². The molecule has 0 radical (unpaired) electrons. The number of hydrogen-bond donors (Lipinski definition) is 1. The molecule has 0 aliphatic carbocycles. The van der Waals surface area contributed by atoms with E-state index in [1.165, 1.54) is 5.56 Å². The number of piperazine rings is 1. The summed E-state index contributed by atoms with van der Waals surface area (Å²) in [6, 6.07) is 6.16. The average molecular weight is 375 g/mol. The zero-order valence-electron chi connectivity index (χ0n) is 13.1. The molecule has 2 N–H and O–H groups in total. The van der Waals surface area contributed by atoms with Crippen LogP contribution in [0.1, 0.15) is 32.4 Å². The van der Waals surface area contributed by atoms with Gasteiger partial charge in [0.1, 0.15) is 0 Å². The Labute approximate surface area is 141 Å². The van der Waals surface area contributed by atoms with Gasteiger partial charge in [0, 0.05) is 53.8 Å². The third-order valence-electron chi connectivity index (χ3n) is 4.24. The first kappa shape index (κ1) is 17.2. The molecule has 21 heavy (non-hydrogen) atoms. The molecule has 0 bridgehead atoms. The monoisotopic (exact) mass is 373 g/mol. The largest absolute Gasteiger partial charge is 0.329 e. The first-order valence-electron chi connectivity index (χ1n) is 7.47. The second-order valence-corrected chi connectivity index (χ2v) is 7.90. The van der Waals surface area contributed by atoms with E-state index in [-0.39, 0.29) is 11.6 Å². The van der Waals surface area contributed by atoms with Crippen molar-refractivity contribution < 1.29 is 0 Å². The van der Waals surface area contributed by atoms with Crippen molar-refractivity contribution in [3.63, 3.8) is 0 Å². The maximum absolute atomic E-state index is 6.15. The smallest absolute Gasteiger partial charge is 0.0483 e.